The smallest absolute Gasteiger partial charge is 0.253 e. The fourth-order valence-electron chi connectivity index (χ4n) is 2.09. The summed E-state index contributed by atoms with van der Waals surface area (Å²) < 4.78 is 13.7. The lowest BCUT2D eigenvalue weighted by atomic mass is 9.78. The van der Waals surface area contributed by atoms with Crippen molar-refractivity contribution in [1.82, 2.24) is 5.32 Å². The van der Waals surface area contributed by atoms with Gasteiger partial charge in [0.1, 0.15) is 5.82 Å². The van der Waals surface area contributed by atoms with E-state index < -0.39 is 11.7 Å². The van der Waals surface area contributed by atoms with E-state index in [1.165, 1.54) is 25.6 Å². The Bertz CT molecular complexity index is 442. The molecule has 1 aliphatic carbocycles. The second-order valence-electron chi connectivity index (χ2n) is 4.81. The number of rotatable bonds is 3. The molecule has 4 heteroatoms. The number of nitrogens with one attached hydrogen (secondary N) is 2. The highest BCUT2D eigenvalue weighted by molar-refractivity contribution is 5.94. The first-order valence-corrected chi connectivity index (χ1v) is 6.84. The quantitative estimate of drug-likeness (QED) is 0.878. The summed E-state index contributed by atoms with van der Waals surface area (Å²) in [5, 5.41) is 5.72. The van der Waals surface area contributed by atoms with Crippen molar-refractivity contribution in [2.45, 2.75) is 45.6 Å². The van der Waals surface area contributed by atoms with E-state index in [2.05, 4.69) is 17.6 Å². The van der Waals surface area contributed by atoms with Gasteiger partial charge in [-0.25, -0.2) is 4.39 Å². The molecule has 2 N–H and O–H groups in total. The van der Waals surface area contributed by atoms with Gasteiger partial charge in [-0.2, -0.15) is 0 Å². The molecule has 2 rings (SSSR count). The molecule has 1 fully saturated rings. The van der Waals surface area contributed by atoms with Crippen LogP contribution < -0.4 is 10.6 Å². The van der Waals surface area contributed by atoms with Crippen molar-refractivity contribution in [3.8, 4) is 0 Å². The third-order valence-electron chi connectivity index (χ3n) is 3.34. The van der Waals surface area contributed by atoms with Gasteiger partial charge in [-0.05, 0) is 44.4 Å². The van der Waals surface area contributed by atoms with E-state index >= 15 is 0 Å². The maximum atomic E-state index is 13.7. The molecule has 0 heterocycles. The molecule has 0 aliphatic heterocycles. The van der Waals surface area contributed by atoms with E-state index in [4.69, 9.17) is 0 Å². The summed E-state index contributed by atoms with van der Waals surface area (Å²) in [6.07, 6.45) is 3.42. The lowest BCUT2D eigenvalue weighted by molar-refractivity contribution is 0.0959. The molecule has 0 saturated heterocycles. The largest absolute Gasteiger partial charge is 0.380 e. The SMILES string of the molecule is CC.CNC(=O)c1ccc(NC2(C)CCC2)cc1F. The number of benzene rings is 1. The van der Waals surface area contributed by atoms with Crippen LogP contribution in [0.5, 0.6) is 0 Å². The standard InChI is InChI=1S/C13H17FN2O.C2H6/c1-13(6-3-7-13)16-9-4-5-10(11(14)8-9)12(17)15-2;1-2/h4-5,8,16H,3,6-7H2,1-2H3,(H,15,17);1-2H3. The first kappa shape index (κ1) is 15.5. The normalized spacial score (nSPS) is 15.6. The highest BCUT2D eigenvalue weighted by atomic mass is 19.1. The average Bonchev–Trinajstić information content (AvgIpc) is 2.38. The summed E-state index contributed by atoms with van der Waals surface area (Å²) in [5.74, 6) is -0.888. The first-order chi connectivity index (χ1) is 9.04. The highest BCUT2D eigenvalue weighted by Crippen LogP contribution is 2.34. The van der Waals surface area contributed by atoms with Gasteiger partial charge in [-0.1, -0.05) is 13.8 Å². The van der Waals surface area contributed by atoms with Gasteiger partial charge in [-0.3, -0.25) is 4.79 Å². The van der Waals surface area contributed by atoms with Gasteiger partial charge >= 0.3 is 0 Å². The van der Waals surface area contributed by atoms with E-state index in [1.807, 2.05) is 13.8 Å². The van der Waals surface area contributed by atoms with Crippen LogP contribution in [0.3, 0.4) is 0 Å². The van der Waals surface area contributed by atoms with Gasteiger partial charge in [0.15, 0.2) is 0 Å². The summed E-state index contributed by atoms with van der Waals surface area (Å²) in [6, 6.07) is 4.64. The average molecular weight is 266 g/mol. The molecular formula is C15H23FN2O. The Labute approximate surface area is 114 Å². The van der Waals surface area contributed by atoms with Gasteiger partial charge in [0.2, 0.25) is 0 Å². The Kier molecular flexibility index (Phi) is 5.33. The molecule has 1 aliphatic rings. The van der Waals surface area contributed by atoms with E-state index in [1.54, 1.807) is 6.07 Å². The third kappa shape index (κ3) is 3.69. The molecule has 0 aromatic heterocycles. The van der Waals surface area contributed by atoms with Crippen LogP contribution in [-0.2, 0) is 0 Å². The van der Waals surface area contributed by atoms with Crippen molar-refractivity contribution in [1.29, 1.82) is 0 Å². The van der Waals surface area contributed by atoms with Gasteiger partial charge in [-0.15, -0.1) is 0 Å². The van der Waals surface area contributed by atoms with E-state index in [-0.39, 0.29) is 11.1 Å². The van der Waals surface area contributed by atoms with E-state index in [9.17, 15) is 9.18 Å². The van der Waals surface area contributed by atoms with Crippen LogP contribution in [0, 0.1) is 5.82 Å². The monoisotopic (exact) mass is 266 g/mol. The number of amides is 1. The maximum absolute atomic E-state index is 13.7. The molecule has 1 saturated carbocycles. The molecule has 106 valence electrons. The third-order valence-corrected chi connectivity index (χ3v) is 3.34. The van der Waals surface area contributed by atoms with Crippen molar-refractivity contribution in [2.24, 2.45) is 0 Å². The molecule has 3 nitrogen and oxygen atoms in total. The van der Waals surface area contributed by atoms with Crippen molar-refractivity contribution >= 4 is 11.6 Å². The predicted octanol–water partition coefficient (Wildman–Crippen LogP) is 3.57. The number of hydrogen-bond acceptors (Lipinski definition) is 2. The summed E-state index contributed by atoms with van der Waals surface area (Å²) in [7, 11) is 1.49. The highest BCUT2D eigenvalue weighted by Gasteiger charge is 2.31. The molecule has 0 radical (unpaired) electrons. The second kappa shape index (κ2) is 6.55. The minimum Gasteiger partial charge on any atom is -0.380 e. The van der Waals surface area contributed by atoms with Crippen LogP contribution in [0.15, 0.2) is 18.2 Å². The first-order valence-electron chi connectivity index (χ1n) is 6.84. The minimum atomic E-state index is -0.489. The number of halogens is 1. The zero-order valence-corrected chi connectivity index (χ0v) is 12.1. The van der Waals surface area contributed by atoms with Crippen LogP contribution in [0.2, 0.25) is 0 Å². The molecule has 19 heavy (non-hydrogen) atoms. The Morgan fingerprint density at radius 2 is 1.95 bits per heavy atom. The van der Waals surface area contributed by atoms with Crippen LogP contribution in [0.4, 0.5) is 10.1 Å². The molecule has 0 spiro atoms. The zero-order chi connectivity index (χ0) is 14.5. The van der Waals surface area contributed by atoms with Crippen molar-refractivity contribution in [2.75, 3.05) is 12.4 Å². The van der Waals surface area contributed by atoms with Crippen molar-refractivity contribution in [3.05, 3.63) is 29.6 Å². The van der Waals surface area contributed by atoms with E-state index in [0.29, 0.717) is 0 Å². The fourth-order valence-corrected chi connectivity index (χ4v) is 2.09. The van der Waals surface area contributed by atoms with Crippen molar-refractivity contribution in [3.63, 3.8) is 0 Å². The van der Waals surface area contributed by atoms with Gasteiger partial charge in [0.05, 0.1) is 5.56 Å². The lowest BCUT2D eigenvalue weighted by Crippen LogP contribution is -2.41. The fraction of sp³-hybridized carbons (Fsp3) is 0.533. The zero-order valence-electron chi connectivity index (χ0n) is 12.1. The molecule has 1 aromatic carbocycles. The minimum absolute atomic E-state index is 0.0804. The van der Waals surface area contributed by atoms with Crippen LogP contribution >= 0.6 is 0 Å². The van der Waals surface area contributed by atoms with E-state index in [0.717, 1.165) is 18.5 Å². The molecule has 0 atom stereocenters. The number of carbonyl (C=O) groups is 1. The van der Waals surface area contributed by atoms with Crippen LogP contribution in [0.25, 0.3) is 0 Å². The van der Waals surface area contributed by atoms with Crippen LogP contribution in [0.1, 0.15) is 50.4 Å². The predicted molar refractivity (Wildman–Crippen MR) is 77.0 cm³/mol. The summed E-state index contributed by atoms with van der Waals surface area (Å²) in [5.41, 5.74) is 0.898. The Morgan fingerprint density at radius 3 is 2.37 bits per heavy atom. The Balaban J connectivity index is 0.000000861. The molecule has 1 amide bonds. The van der Waals surface area contributed by atoms with Crippen molar-refractivity contribution < 1.29 is 9.18 Å². The van der Waals surface area contributed by atoms with Gasteiger partial charge in [0, 0.05) is 18.3 Å². The Morgan fingerprint density at radius 1 is 1.32 bits per heavy atom. The lowest BCUT2D eigenvalue weighted by Gasteiger charge is -2.40. The van der Waals surface area contributed by atoms with Gasteiger partial charge < -0.3 is 10.6 Å². The summed E-state index contributed by atoms with van der Waals surface area (Å²) in [6.45, 7) is 6.13. The van der Waals surface area contributed by atoms with Gasteiger partial charge in [0.25, 0.3) is 5.91 Å². The topological polar surface area (TPSA) is 41.1 Å². The molecule has 1 aromatic rings. The molecule has 0 unspecified atom stereocenters. The second-order valence-corrected chi connectivity index (χ2v) is 4.81. The Hall–Kier alpha value is -1.58. The molecular weight excluding hydrogens is 243 g/mol. The summed E-state index contributed by atoms with van der Waals surface area (Å²) >= 11 is 0. The molecule has 0 bridgehead atoms. The van der Waals surface area contributed by atoms with Crippen LogP contribution in [-0.4, -0.2) is 18.5 Å². The summed E-state index contributed by atoms with van der Waals surface area (Å²) in [4.78, 5) is 11.3. The number of anilines is 1. The number of hydrogen-bond donors (Lipinski definition) is 2. The maximum Gasteiger partial charge on any atom is 0.253 e. The number of carbonyl (C=O) groups excluding carboxylic acids is 1.